The second kappa shape index (κ2) is 6.31. The molecule has 0 aromatic carbocycles. The van der Waals surface area contributed by atoms with Gasteiger partial charge in [-0.2, -0.15) is 11.8 Å². The molecule has 0 aliphatic carbocycles. The van der Waals surface area contributed by atoms with Crippen molar-refractivity contribution >= 4 is 17.7 Å². The minimum Gasteiger partial charge on any atom is -0.480 e. The molecule has 0 fully saturated rings. The average molecular weight is 191 g/mol. The molecule has 0 rings (SSSR count). The summed E-state index contributed by atoms with van der Waals surface area (Å²) in [6, 6.07) is -0.162. The number of carbonyl (C=O) groups is 1. The summed E-state index contributed by atoms with van der Waals surface area (Å²) in [4.78, 5) is 10.7. The van der Waals surface area contributed by atoms with Gasteiger partial charge in [0.15, 0.2) is 0 Å². The zero-order chi connectivity index (χ0) is 9.56. The molecule has 0 heterocycles. The molecule has 0 saturated heterocycles. The number of carboxylic acids is 1. The van der Waals surface area contributed by atoms with Crippen LogP contribution in [0.5, 0.6) is 0 Å². The van der Waals surface area contributed by atoms with Gasteiger partial charge in [-0.15, -0.1) is 0 Å². The van der Waals surface area contributed by atoms with Crippen LogP contribution in [0.25, 0.3) is 0 Å². The van der Waals surface area contributed by atoms with Crippen molar-refractivity contribution in [3.05, 3.63) is 0 Å². The van der Waals surface area contributed by atoms with Crippen LogP contribution in [-0.2, 0) is 4.79 Å². The average Bonchev–Trinajstić information content (AvgIpc) is 1.96. The van der Waals surface area contributed by atoms with Crippen LogP contribution >= 0.6 is 11.8 Å². The van der Waals surface area contributed by atoms with Crippen LogP contribution < -0.4 is 5.32 Å². The SMILES string of the molecule is CSCCC(NC(C)C)C(=O)O. The van der Waals surface area contributed by atoms with Gasteiger partial charge in [0.05, 0.1) is 0 Å². The fourth-order valence-corrected chi connectivity index (χ4v) is 1.39. The summed E-state index contributed by atoms with van der Waals surface area (Å²) >= 11 is 1.67. The van der Waals surface area contributed by atoms with Gasteiger partial charge in [-0.1, -0.05) is 13.8 Å². The number of thioether (sulfide) groups is 1. The lowest BCUT2D eigenvalue weighted by atomic mass is 10.2. The van der Waals surface area contributed by atoms with Crippen molar-refractivity contribution in [1.82, 2.24) is 5.32 Å². The van der Waals surface area contributed by atoms with Crippen LogP contribution in [-0.4, -0.2) is 35.2 Å². The topological polar surface area (TPSA) is 49.3 Å². The van der Waals surface area contributed by atoms with E-state index in [2.05, 4.69) is 5.32 Å². The number of rotatable bonds is 6. The Hall–Kier alpha value is -0.220. The highest BCUT2D eigenvalue weighted by molar-refractivity contribution is 7.98. The van der Waals surface area contributed by atoms with Crippen molar-refractivity contribution in [3.63, 3.8) is 0 Å². The highest BCUT2D eigenvalue weighted by atomic mass is 32.2. The molecule has 0 aliphatic rings. The van der Waals surface area contributed by atoms with E-state index in [1.165, 1.54) is 0 Å². The minimum atomic E-state index is -0.752. The monoisotopic (exact) mass is 191 g/mol. The molecule has 1 unspecified atom stereocenters. The highest BCUT2D eigenvalue weighted by Crippen LogP contribution is 2.01. The largest absolute Gasteiger partial charge is 0.480 e. The van der Waals surface area contributed by atoms with E-state index in [0.29, 0.717) is 6.42 Å². The molecule has 0 saturated carbocycles. The smallest absolute Gasteiger partial charge is 0.320 e. The summed E-state index contributed by atoms with van der Waals surface area (Å²) in [7, 11) is 0. The molecule has 0 aromatic heterocycles. The number of nitrogens with one attached hydrogen (secondary N) is 1. The fraction of sp³-hybridized carbons (Fsp3) is 0.875. The quantitative estimate of drug-likeness (QED) is 0.662. The van der Waals surface area contributed by atoms with E-state index < -0.39 is 12.0 Å². The highest BCUT2D eigenvalue weighted by Gasteiger charge is 2.16. The van der Waals surface area contributed by atoms with E-state index in [1.54, 1.807) is 11.8 Å². The maximum Gasteiger partial charge on any atom is 0.320 e. The van der Waals surface area contributed by atoms with Crippen LogP contribution in [0.3, 0.4) is 0 Å². The summed E-state index contributed by atoms with van der Waals surface area (Å²) in [5.74, 6) is 0.134. The molecule has 0 aromatic rings. The summed E-state index contributed by atoms with van der Waals surface area (Å²) in [6.07, 6.45) is 2.67. The van der Waals surface area contributed by atoms with E-state index in [1.807, 2.05) is 20.1 Å². The van der Waals surface area contributed by atoms with Gasteiger partial charge in [0.25, 0.3) is 0 Å². The molecular weight excluding hydrogens is 174 g/mol. The van der Waals surface area contributed by atoms with Crippen LogP contribution in [0.2, 0.25) is 0 Å². The lowest BCUT2D eigenvalue weighted by Crippen LogP contribution is -2.41. The van der Waals surface area contributed by atoms with Crippen LogP contribution in [0, 0.1) is 0 Å². The standard InChI is InChI=1S/C8H17NO2S/c1-6(2)9-7(8(10)11)4-5-12-3/h6-7,9H,4-5H2,1-3H3,(H,10,11). The van der Waals surface area contributed by atoms with Crippen molar-refractivity contribution in [2.24, 2.45) is 0 Å². The van der Waals surface area contributed by atoms with Gasteiger partial charge in [-0.05, 0) is 18.4 Å². The summed E-state index contributed by atoms with van der Waals surface area (Å²) in [5.41, 5.74) is 0. The van der Waals surface area contributed by atoms with Gasteiger partial charge in [0.1, 0.15) is 6.04 Å². The van der Waals surface area contributed by atoms with Gasteiger partial charge < -0.3 is 10.4 Å². The zero-order valence-corrected chi connectivity index (χ0v) is 8.65. The maximum absolute atomic E-state index is 10.7. The number of hydrogen-bond acceptors (Lipinski definition) is 3. The first-order chi connectivity index (χ1) is 5.57. The Balaban J connectivity index is 3.78. The molecular formula is C8H17NO2S. The lowest BCUT2D eigenvalue weighted by Gasteiger charge is -2.16. The Morgan fingerprint density at radius 1 is 1.58 bits per heavy atom. The second-order valence-electron chi connectivity index (χ2n) is 2.99. The molecule has 4 heteroatoms. The zero-order valence-electron chi connectivity index (χ0n) is 7.83. The summed E-state index contributed by atoms with van der Waals surface area (Å²) in [5, 5.41) is 11.8. The van der Waals surface area contributed by atoms with Crippen LogP contribution in [0.1, 0.15) is 20.3 Å². The number of hydrogen-bond donors (Lipinski definition) is 2. The van der Waals surface area contributed by atoms with E-state index in [4.69, 9.17) is 5.11 Å². The molecule has 1 atom stereocenters. The van der Waals surface area contributed by atoms with Gasteiger partial charge >= 0.3 is 5.97 Å². The van der Waals surface area contributed by atoms with Gasteiger partial charge in [0, 0.05) is 6.04 Å². The summed E-state index contributed by atoms with van der Waals surface area (Å²) < 4.78 is 0. The second-order valence-corrected chi connectivity index (χ2v) is 3.98. The third kappa shape index (κ3) is 5.43. The van der Waals surface area contributed by atoms with Crippen molar-refractivity contribution in [1.29, 1.82) is 0 Å². The number of carboxylic acid groups (broad SMARTS) is 1. The minimum absolute atomic E-state index is 0.230. The third-order valence-electron chi connectivity index (χ3n) is 1.44. The maximum atomic E-state index is 10.7. The van der Waals surface area contributed by atoms with Crippen molar-refractivity contribution in [2.75, 3.05) is 12.0 Å². The Morgan fingerprint density at radius 3 is 2.50 bits per heavy atom. The molecule has 0 bridgehead atoms. The van der Waals surface area contributed by atoms with E-state index in [0.717, 1.165) is 5.75 Å². The normalized spacial score (nSPS) is 13.3. The molecule has 3 nitrogen and oxygen atoms in total. The number of aliphatic carboxylic acids is 1. The van der Waals surface area contributed by atoms with Crippen LogP contribution in [0.15, 0.2) is 0 Å². The van der Waals surface area contributed by atoms with Crippen molar-refractivity contribution in [2.45, 2.75) is 32.4 Å². The Labute approximate surface area is 77.9 Å². The Bertz CT molecular complexity index is 139. The molecule has 2 N–H and O–H groups in total. The molecule has 72 valence electrons. The molecule has 12 heavy (non-hydrogen) atoms. The van der Waals surface area contributed by atoms with E-state index >= 15 is 0 Å². The Morgan fingerprint density at radius 2 is 2.17 bits per heavy atom. The van der Waals surface area contributed by atoms with Crippen molar-refractivity contribution < 1.29 is 9.90 Å². The van der Waals surface area contributed by atoms with E-state index in [-0.39, 0.29) is 6.04 Å². The molecule has 0 amide bonds. The first kappa shape index (κ1) is 11.8. The third-order valence-corrected chi connectivity index (χ3v) is 2.09. The summed E-state index contributed by atoms with van der Waals surface area (Å²) in [6.45, 7) is 3.91. The first-order valence-electron chi connectivity index (χ1n) is 4.05. The lowest BCUT2D eigenvalue weighted by molar-refractivity contribution is -0.139. The molecule has 0 radical (unpaired) electrons. The Kier molecular flexibility index (Phi) is 6.20. The predicted octanol–water partition coefficient (Wildman–Crippen LogP) is 1.19. The van der Waals surface area contributed by atoms with E-state index in [9.17, 15) is 4.79 Å². The van der Waals surface area contributed by atoms with Crippen molar-refractivity contribution in [3.8, 4) is 0 Å². The van der Waals surface area contributed by atoms with Gasteiger partial charge in [-0.3, -0.25) is 4.79 Å². The van der Waals surface area contributed by atoms with Crippen LogP contribution in [0.4, 0.5) is 0 Å². The fourth-order valence-electron chi connectivity index (χ4n) is 0.916. The molecule has 0 aliphatic heterocycles. The molecule has 0 spiro atoms. The van der Waals surface area contributed by atoms with Gasteiger partial charge in [-0.25, -0.2) is 0 Å². The van der Waals surface area contributed by atoms with Gasteiger partial charge in [0.2, 0.25) is 0 Å². The first-order valence-corrected chi connectivity index (χ1v) is 5.45. The predicted molar refractivity (Wildman–Crippen MR) is 52.7 cm³/mol.